The lowest BCUT2D eigenvalue weighted by atomic mass is 10.0. The Labute approximate surface area is 126 Å². The maximum Gasteiger partial charge on any atom is 0.133 e. The summed E-state index contributed by atoms with van der Waals surface area (Å²) >= 11 is 3.42. The van der Waals surface area contributed by atoms with Gasteiger partial charge in [-0.25, -0.2) is 4.39 Å². The molecule has 0 aliphatic carbocycles. The van der Waals surface area contributed by atoms with Gasteiger partial charge in [-0.2, -0.15) is 0 Å². The van der Waals surface area contributed by atoms with E-state index in [9.17, 15) is 9.50 Å². The number of aliphatic hydroxyl groups excluding tert-OH is 1. The fraction of sp³-hybridized carbons (Fsp3) is 0.250. The molecular formula is C16H16BrFO2. The smallest absolute Gasteiger partial charge is 0.133 e. The standard InChI is InChI=1S/C16H16BrFO2/c1-20-16-6-5-12(10-15(16)17)9-14(19)8-11-3-2-4-13(18)7-11/h2-7,10,14,19H,8-9H2,1H3. The number of aliphatic hydroxyl groups is 1. The second-order valence-corrected chi connectivity index (χ2v) is 5.52. The van der Waals surface area contributed by atoms with Gasteiger partial charge in [-0.05, 0) is 64.2 Å². The van der Waals surface area contributed by atoms with Gasteiger partial charge in [0.05, 0.1) is 17.7 Å². The summed E-state index contributed by atoms with van der Waals surface area (Å²) < 4.78 is 19.1. The van der Waals surface area contributed by atoms with Gasteiger partial charge in [0, 0.05) is 0 Å². The molecule has 0 radical (unpaired) electrons. The highest BCUT2D eigenvalue weighted by Gasteiger charge is 2.09. The van der Waals surface area contributed by atoms with E-state index in [1.165, 1.54) is 12.1 Å². The van der Waals surface area contributed by atoms with Crippen LogP contribution < -0.4 is 4.74 Å². The number of ether oxygens (including phenoxy) is 1. The first-order valence-electron chi connectivity index (χ1n) is 6.33. The van der Waals surface area contributed by atoms with Gasteiger partial charge in [0.15, 0.2) is 0 Å². The average molecular weight is 339 g/mol. The quantitative estimate of drug-likeness (QED) is 0.899. The molecule has 0 saturated heterocycles. The molecule has 2 aromatic carbocycles. The Morgan fingerprint density at radius 3 is 2.45 bits per heavy atom. The third-order valence-corrected chi connectivity index (χ3v) is 3.67. The van der Waals surface area contributed by atoms with E-state index in [0.717, 1.165) is 21.3 Å². The fourth-order valence-corrected chi connectivity index (χ4v) is 2.71. The van der Waals surface area contributed by atoms with Crippen molar-refractivity contribution in [2.45, 2.75) is 18.9 Å². The van der Waals surface area contributed by atoms with E-state index in [2.05, 4.69) is 15.9 Å². The molecule has 0 heterocycles. The van der Waals surface area contributed by atoms with Crippen LogP contribution in [0, 0.1) is 5.82 Å². The van der Waals surface area contributed by atoms with Crippen LogP contribution in [0.2, 0.25) is 0 Å². The Balaban J connectivity index is 2.01. The summed E-state index contributed by atoms with van der Waals surface area (Å²) in [6.45, 7) is 0. The van der Waals surface area contributed by atoms with Gasteiger partial charge >= 0.3 is 0 Å². The SMILES string of the molecule is COc1ccc(CC(O)Cc2cccc(F)c2)cc1Br. The predicted molar refractivity (Wildman–Crippen MR) is 80.5 cm³/mol. The molecule has 1 N–H and O–H groups in total. The van der Waals surface area contributed by atoms with E-state index in [0.29, 0.717) is 12.8 Å². The first-order chi connectivity index (χ1) is 9.58. The van der Waals surface area contributed by atoms with E-state index in [1.807, 2.05) is 24.3 Å². The van der Waals surface area contributed by atoms with Crippen molar-refractivity contribution in [2.75, 3.05) is 7.11 Å². The molecule has 1 unspecified atom stereocenters. The highest BCUT2D eigenvalue weighted by atomic mass is 79.9. The van der Waals surface area contributed by atoms with Gasteiger partial charge in [-0.15, -0.1) is 0 Å². The van der Waals surface area contributed by atoms with Crippen LogP contribution in [0.4, 0.5) is 4.39 Å². The third-order valence-electron chi connectivity index (χ3n) is 3.05. The third kappa shape index (κ3) is 4.05. The minimum absolute atomic E-state index is 0.276. The zero-order valence-electron chi connectivity index (χ0n) is 11.1. The van der Waals surface area contributed by atoms with Gasteiger partial charge in [0.2, 0.25) is 0 Å². The van der Waals surface area contributed by atoms with Gasteiger partial charge in [-0.3, -0.25) is 0 Å². The molecule has 0 saturated carbocycles. The molecule has 1 atom stereocenters. The summed E-state index contributed by atoms with van der Waals surface area (Å²) in [4.78, 5) is 0. The van der Waals surface area contributed by atoms with Gasteiger partial charge in [-0.1, -0.05) is 18.2 Å². The largest absolute Gasteiger partial charge is 0.496 e. The minimum Gasteiger partial charge on any atom is -0.496 e. The first-order valence-corrected chi connectivity index (χ1v) is 7.12. The van der Waals surface area contributed by atoms with Crippen molar-refractivity contribution in [3.05, 3.63) is 63.9 Å². The monoisotopic (exact) mass is 338 g/mol. The van der Waals surface area contributed by atoms with Crippen LogP contribution in [0.15, 0.2) is 46.9 Å². The normalized spacial score (nSPS) is 12.2. The van der Waals surface area contributed by atoms with E-state index < -0.39 is 6.10 Å². The number of halogens is 2. The van der Waals surface area contributed by atoms with Crippen LogP contribution in [0.25, 0.3) is 0 Å². The number of hydrogen-bond donors (Lipinski definition) is 1. The molecule has 0 aliphatic rings. The Bertz CT molecular complexity index is 586. The highest BCUT2D eigenvalue weighted by Crippen LogP contribution is 2.26. The van der Waals surface area contributed by atoms with E-state index >= 15 is 0 Å². The van der Waals surface area contributed by atoms with Crippen LogP contribution in [0.3, 0.4) is 0 Å². The van der Waals surface area contributed by atoms with Crippen LogP contribution in [0.1, 0.15) is 11.1 Å². The molecule has 0 spiro atoms. The van der Waals surface area contributed by atoms with Crippen LogP contribution in [-0.4, -0.2) is 18.3 Å². The molecule has 2 rings (SSSR count). The Morgan fingerprint density at radius 1 is 1.15 bits per heavy atom. The highest BCUT2D eigenvalue weighted by molar-refractivity contribution is 9.10. The van der Waals surface area contributed by atoms with Gasteiger partial charge in [0.1, 0.15) is 11.6 Å². The summed E-state index contributed by atoms with van der Waals surface area (Å²) in [7, 11) is 1.61. The van der Waals surface area contributed by atoms with Crippen molar-refractivity contribution in [3.8, 4) is 5.75 Å². The van der Waals surface area contributed by atoms with Crippen LogP contribution >= 0.6 is 15.9 Å². The Kier molecular flexibility index (Phi) is 5.15. The molecule has 106 valence electrons. The lowest BCUT2D eigenvalue weighted by molar-refractivity contribution is 0.175. The van der Waals surface area contributed by atoms with E-state index in [-0.39, 0.29) is 5.82 Å². The summed E-state index contributed by atoms with van der Waals surface area (Å²) in [6.07, 6.45) is 0.401. The van der Waals surface area contributed by atoms with Crippen molar-refractivity contribution in [3.63, 3.8) is 0 Å². The van der Waals surface area contributed by atoms with Crippen molar-refractivity contribution in [1.29, 1.82) is 0 Å². The molecule has 2 nitrogen and oxygen atoms in total. The predicted octanol–water partition coefficient (Wildman–Crippen LogP) is 3.74. The molecule has 20 heavy (non-hydrogen) atoms. The van der Waals surface area contributed by atoms with Crippen molar-refractivity contribution < 1.29 is 14.2 Å². The molecule has 0 aromatic heterocycles. The molecule has 0 fully saturated rings. The minimum atomic E-state index is -0.544. The van der Waals surface area contributed by atoms with Crippen LogP contribution in [0.5, 0.6) is 5.75 Å². The zero-order chi connectivity index (χ0) is 14.5. The van der Waals surface area contributed by atoms with Gasteiger partial charge in [0.25, 0.3) is 0 Å². The second-order valence-electron chi connectivity index (χ2n) is 4.66. The van der Waals surface area contributed by atoms with E-state index in [4.69, 9.17) is 4.74 Å². The first kappa shape index (κ1) is 15.0. The van der Waals surface area contributed by atoms with Crippen molar-refractivity contribution in [2.24, 2.45) is 0 Å². The van der Waals surface area contributed by atoms with E-state index in [1.54, 1.807) is 13.2 Å². The summed E-state index contributed by atoms with van der Waals surface area (Å²) in [5.74, 6) is 0.482. The topological polar surface area (TPSA) is 29.5 Å². The number of hydrogen-bond acceptors (Lipinski definition) is 2. The number of benzene rings is 2. The lowest BCUT2D eigenvalue weighted by Crippen LogP contribution is -2.14. The average Bonchev–Trinajstić information content (AvgIpc) is 2.38. The molecule has 0 amide bonds. The number of methoxy groups -OCH3 is 1. The summed E-state index contributed by atoms with van der Waals surface area (Å²) in [5, 5.41) is 10.1. The maximum absolute atomic E-state index is 13.1. The molecule has 0 aliphatic heterocycles. The lowest BCUT2D eigenvalue weighted by Gasteiger charge is -2.12. The van der Waals surface area contributed by atoms with Crippen LogP contribution in [-0.2, 0) is 12.8 Å². The fourth-order valence-electron chi connectivity index (χ4n) is 2.12. The van der Waals surface area contributed by atoms with Gasteiger partial charge < -0.3 is 9.84 Å². The summed E-state index contributed by atoms with van der Waals surface area (Å²) in [6, 6.07) is 12.0. The Morgan fingerprint density at radius 2 is 1.85 bits per heavy atom. The summed E-state index contributed by atoms with van der Waals surface area (Å²) in [5.41, 5.74) is 1.80. The zero-order valence-corrected chi connectivity index (χ0v) is 12.7. The molecule has 0 bridgehead atoms. The maximum atomic E-state index is 13.1. The number of rotatable bonds is 5. The Hall–Kier alpha value is -1.39. The molecule has 4 heteroatoms. The van der Waals surface area contributed by atoms with Crippen molar-refractivity contribution >= 4 is 15.9 Å². The van der Waals surface area contributed by atoms with Crippen molar-refractivity contribution in [1.82, 2.24) is 0 Å². The second kappa shape index (κ2) is 6.86. The molecule has 2 aromatic rings. The molecular weight excluding hydrogens is 323 g/mol.